The fraction of sp³-hybridized carbons (Fsp3) is 0.211. The zero-order valence-electron chi connectivity index (χ0n) is 14.2. The molecule has 2 heterocycles. The van der Waals surface area contributed by atoms with Crippen molar-refractivity contribution in [3.8, 4) is 11.5 Å². The van der Waals surface area contributed by atoms with Crippen molar-refractivity contribution in [1.82, 2.24) is 14.5 Å². The maximum absolute atomic E-state index is 12.3. The molecule has 3 rings (SSSR count). The fourth-order valence-electron chi connectivity index (χ4n) is 2.59. The first-order valence-corrected chi connectivity index (χ1v) is 9.34. The summed E-state index contributed by atoms with van der Waals surface area (Å²) in [7, 11) is 0. The van der Waals surface area contributed by atoms with Crippen LogP contribution in [0.3, 0.4) is 0 Å². The highest BCUT2D eigenvalue weighted by molar-refractivity contribution is 9.10. The molecule has 0 radical (unpaired) electrons. The average molecular weight is 435 g/mol. The SMILES string of the molecule is CCOC(=O)c1cnc(-c2cc(Br)ccn2)n1CCc1ccc(Cl)cc1. The first-order chi connectivity index (χ1) is 12.6. The zero-order chi connectivity index (χ0) is 18.5. The number of imidazole rings is 1. The minimum absolute atomic E-state index is 0.311. The van der Waals surface area contributed by atoms with Crippen molar-refractivity contribution in [2.24, 2.45) is 0 Å². The molecule has 0 bridgehead atoms. The maximum atomic E-state index is 12.3. The van der Waals surface area contributed by atoms with E-state index in [1.165, 1.54) is 6.20 Å². The number of aromatic nitrogens is 3. The summed E-state index contributed by atoms with van der Waals surface area (Å²) < 4.78 is 7.91. The molecule has 0 saturated heterocycles. The van der Waals surface area contributed by atoms with Gasteiger partial charge >= 0.3 is 5.97 Å². The number of esters is 1. The molecular formula is C19H17BrClN3O2. The Bertz CT molecular complexity index is 909. The van der Waals surface area contributed by atoms with Gasteiger partial charge in [-0.05, 0) is 43.2 Å². The molecule has 3 aromatic rings. The molecule has 0 aliphatic heterocycles. The molecule has 0 fully saturated rings. The van der Waals surface area contributed by atoms with Gasteiger partial charge in [0.05, 0.1) is 12.8 Å². The lowest BCUT2D eigenvalue weighted by molar-refractivity contribution is 0.0514. The molecule has 0 spiro atoms. The summed E-state index contributed by atoms with van der Waals surface area (Å²) in [6.45, 7) is 2.66. The van der Waals surface area contributed by atoms with E-state index in [0.29, 0.717) is 35.4 Å². The molecule has 1 aromatic carbocycles. The minimum atomic E-state index is -0.391. The van der Waals surface area contributed by atoms with Crippen LogP contribution >= 0.6 is 27.5 Å². The molecular weight excluding hydrogens is 418 g/mol. The monoisotopic (exact) mass is 433 g/mol. The number of carbonyl (C=O) groups excluding carboxylic acids is 1. The van der Waals surface area contributed by atoms with Crippen LogP contribution in [0.15, 0.2) is 53.3 Å². The van der Waals surface area contributed by atoms with Crippen LogP contribution in [0.1, 0.15) is 23.0 Å². The lowest BCUT2D eigenvalue weighted by Gasteiger charge is -2.11. The van der Waals surface area contributed by atoms with Gasteiger partial charge in [0.25, 0.3) is 0 Å². The van der Waals surface area contributed by atoms with Crippen molar-refractivity contribution in [1.29, 1.82) is 0 Å². The molecule has 0 unspecified atom stereocenters. The summed E-state index contributed by atoms with van der Waals surface area (Å²) in [5, 5.41) is 0.697. The molecule has 0 amide bonds. The van der Waals surface area contributed by atoms with E-state index in [-0.39, 0.29) is 0 Å². The number of ether oxygens (including phenoxy) is 1. The number of halogens is 2. The molecule has 26 heavy (non-hydrogen) atoms. The Morgan fingerprint density at radius 2 is 2.00 bits per heavy atom. The van der Waals surface area contributed by atoms with Gasteiger partial charge in [-0.25, -0.2) is 9.78 Å². The van der Waals surface area contributed by atoms with Gasteiger partial charge in [0.15, 0.2) is 5.82 Å². The van der Waals surface area contributed by atoms with Crippen molar-refractivity contribution in [2.75, 3.05) is 6.61 Å². The van der Waals surface area contributed by atoms with Crippen molar-refractivity contribution >= 4 is 33.5 Å². The smallest absolute Gasteiger partial charge is 0.356 e. The summed E-state index contributed by atoms with van der Waals surface area (Å²) in [5.74, 6) is 0.237. The Morgan fingerprint density at radius 1 is 1.23 bits per heavy atom. The van der Waals surface area contributed by atoms with Crippen LogP contribution in [-0.4, -0.2) is 27.1 Å². The molecule has 0 atom stereocenters. The largest absolute Gasteiger partial charge is 0.461 e. The maximum Gasteiger partial charge on any atom is 0.356 e. The second kappa shape index (κ2) is 8.47. The van der Waals surface area contributed by atoms with Crippen LogP contribution in [0.2, 0.25) is 5.02 Å². The topological polar surface area (TPSA) is 57.0 Å². The lowest BCUT2D eigenvalue weighted by Crippen LogP contribution is -2.14. The van der Waals surface area contributed by atoms with Crippen molar-refractivity contribution in [3.05, 3.63) is 69.5 Å². The lowest BCUT2D eigenvalue weighted by atomic mass is 10.1. The third-order valence-corrected chi connectivity index (χ3v) is 4.57. The number of benzene rings is 1. The standard InChI is InChI=1S/C19H17BrClN3O2/c1-2-26-19(25)17-12-23-18(16-11-14(20)7-9-22-16)24(17)10-8-13-3-5-15(21)6-4-13/h3-7,9,11-12H,2,8,10H2,1H3. The number of carbonyl (C=O) groups is 1. The van der Waals surface area contributed by atoms with E-state index in [1.807, 2.05) is 41.0 Å². The Kier molecular flexibility index (Phi) is 6.06. The highest BCUT2D eigenvalue weighted by Gasteiger charge is 2.19. The van der Waals surface area contributed by atoms with Gasteiger partial charge in [-0.3, -0.25) is 4.98 Å². The molecule has 2 aromatic heterocycles. The van der Waals surface area contributed by atoms with Gasteiger partial charge < -0.3 is 9.30 Å². The van der Waals surface area contributed by atoms with Gasteiger partial charge in [0.1, 0.15) is 11.4 Å². The predicted molar refractivity (Wildman–Crippen MR) is 104 cm³/mol. The minimum Gasteiger partial charge on any atom is -0.461 e. The summed E-state index contributed by atoms with van der Waals surface area (Å²) in [5.41, 5.74) is 2.22. The van der Waals surface area contributed by atoms with Crippen molar-refractivity contribution in [3.63, 3.8) is 0 Å². The van der Waals surface area contributed by atoms with E-state index in [9.17, 15) is 4.79 Å². The van der Waals surface area contributed by atoms with Gasteiger partial charge in [-0.2, -0.15) is 0 Å². The highest BCUT2D eigenvalue weighted by Crippen LogP contribution is 2.22. The molecule has 0 aliphatic rings. The fourth-order valence-corrected chi connectivity index (χ4v) is 3.05. The van der Waals surface area contributed by atoms with E-state index in [2.05, 4.69) is 25.9 Å². The molecule has 0 saturated carbocycles. The van der Waals surface area contributed by atoms with E-state index in [4.69, 9.17) is 16.3 Å². The number of hydrogen-bond donors (Lipinski definition) is 0. The highest BCUT2D eigenvalue weighted by atomic mass is 79.9. The van der Waals surface area contributed by atoms with Crippen LogP contribution in [-0.2, 0) is 17.7 Å². The van der Waals surface area contributed by atoms with E-state index in [0.717, 1.165) is 16.5 Å². The summed E-state index contributed by atoms with van der Waals surface area (Å²) in [6.07, 6.45) is 3.96. The Labute approximate surface area is 165 Å². The van der Waals surface area contributed by atoms with Crippen LogP contribution in [0.4, 0.5) is 0 Å². The average Bonchev–Trinajstić information content (AvgIpc) is 3.05. The van der Waals surface area contributed by atoms with Gasteiger partial charge in [-0.15, -0.1) is 0 Å². The number of aryl methyl sites for hydroxylation is 1. The van der Waals surface area contributed by atoms with E-state index in [1.54, 1.807) is 13.1 Å². The van der Waals surface area contributed by atoms with Crippen LogP contribution in [0, 0.1) is 0 Å². The normalized spacial score (nSPS) is 10.7. The molecule has 134 valence electrons. The van der Waals surface area contributed by atoms with Crippen LogP contribution in [0.5, 0.6) is 0 Å². The van der Waals surface area contributed by atoms with Gasteiger partial charge in [0.2, 0.25) is 0 Å². The van der Waals surface area contributed by atoms with Gasteiger partial charge in [-0.1, -0.05) is 39.7 Å². The number of hydrogen-bond acceptors (Lipinski definition) is 4. The summed E-state index contributed by atoms with van der Waals surface area (Å²) in [4.78, 5) is 21.1. The van der Waals surface area contributed by atoms with Crippen LogP contribution in [0.25, 0.3) is 11.5 Å². The predicted octanol–water partition coefficient (Wildman–Crippen LogP) is 4.78. The van der Waals surface area contributed by atoms with E-state index >= 15 is 0 Å². The number of nitrogens with zero attached hydrogens (tertiary/aromatic N) is 3. The van der Waals surface area contributed by atoms with E-state index < -0.39 is 5.97 Å². The first-order valence-electron chi connectivity index (χ1n) is 8.17. The Morgan fingerprint density at radius 3 is 2.69 bits per heavy atom. The molecule has 0 aliphatic carbocycles. The second-order valence-electron chi connectivity index (χ2n) is 5.57. The number of pyridine rings is 1. The quantitative estimate of drug-likeness (QED) is 0.524. The van der Waals surface area contributed by atoms with Crippen molar-refractivity contribution < 1.29 is 9.53 Å². The third-order valence-electron chi connectivity index (χ3n) is 3.83. The Hall–Kier alpha value is -2.18. The molecule has 0 N–H and O–H groups in total. The van der Waals surface area contributed by atoms with Gasteiger partial charge in [0, 0.05) is 22.2 Å². The van der Waals surface area contributed by atoms with Crippen LogP contribution < -0.4 is 0 Å². The summed E-state index contributed by atoms with van der Waals surface area (Å²) in [6, 6.07) is 11.4. The second-order valence-corrected chi connectivity index (χ2v) is 6.93. The molecule has 5 nitrogen and oxygen atoms in total. The summed E-state index contributed by atoms with van der Waals surface area (Å²) >= 11 is 9.39. The molecule has 7 heteroatoms. The zero-order valence-corrected chi connectivity index (χ0v) is 16.5. The number of rotatable bonds is 6. The Balaban J connectivity index is 1.94. The van der Waals surface area contributed by atoms with Crippen molar-refractivity contribution in [2.45, 2.75) is 19.9 Å². The third kappa shape index (κ3) is 4.31. The first kappa shape index (κ1) is 18.6.